The van der Waals surface area contributed by atoms with Gasteiger partial charge in [-0.05, 0) is 12.3 Å². The fraction of sp³-hybridized carbons (Fsp3) is 0.850. The second-order valence-electron chi connectivity index (χ2n) is 10.7. The van der Waals surface area contributed by atoms with Crippen LogP contribution < -0.4 is 0 Å². The van der Waals surface area contributed by atoms with Crippen LogP contribution in [0.3, 0.4) is 0 Å². The van der Waals surface area contributed by atoms with E-state index in [0.29, 0.717) is 0 Å². The summed E-state index contributed by atoms with van der Waals surface area (Å²) >= 11 is 0. The highest BCUT2D eigenvalue weighted by atomic mass is 16.8. The molecule has 4 heterocycles. The Kier molecular flexibility index (Phi) is 2.97. The van der Waals surface area contributed by atoms with Gasteiger partial charge in [-0.1, -0.05) is 20.8 Å². The number of hydrogen-bond donors (Lipinski definition) is 3. The Morgan fingerprint density at radius 2 is 1.70 bits per heavy atom. The molecule has 0 aromatic rings. The normalized spacial score (nSPS) is 60.1. The smallest absolute Gasteiger partial charge is 0.342 e. The van der Waals surface area contributed by atoms with Crippen LogP contribution in [-0.4, -0.2) is 75.1 Å². The van der Waals surface area contributed by atoms with Crippen molar-refractivity contribution in [3.63, 3.8) is 0 Å². The van der Waals surface area contributed by atoms with E-state index in [-0.39, 0.29) is 6.42 Å². The standard InChI is InChI=1S/C20H24O10/c1-6-12(23)27-7-5-17-11-8(21)9(16(2,3)4)18(17)10(22)13(24)29-15(18)30-20(17,14(25)28-11)19(6,7)26/h6-11,15,21-22,26H,5H2,1-4H3/t6-,7+,8-,9+,10+,11-,15+,17?,18?,19-,20-/m1/s1. The fourth-order valence-corrected chi connectivity index (χ4v) is 8.22. The fourth-order valence-electron chi connectivity index (χ4n) is 8.22. The molecule has 6 aliphatic rings. The molecule has 10 heteroatoms. The van der Waals surface area contributed by atoms with Gasteiger partial charge in [0.2, 0.25) is 11.9 Å². The van der Waals surface area contributed by atoms with Crippen molar-refractivity contribution in [2.45, 2.75) is 76.0 Å². The Labute approximate surface area is 171 Å². The van der Waals surface area contributed by atoms with Crippen LogP contribution in [0.15, 0.2) is 0 Å². The molecule has 2 unspecified atom stereocenters. The van der Waals surface area contributed by atoms with Gasteiger partial charge in [0.15, 0.2) is 11.7 Å². The monoisotopic (exact) mass is 424 g/mol. The van der Waals surface area contributed by atoms with Crippen molar-refractivity contribution in [1.29, 1.82) is 0 Å². The summed E-state index contributed by atoms with van der Waals surface area (Å²) in [5.74, 6) is -4.43. The Balaban J connectivity index is 1.71. The van der Waals surface area contributed by atoms with E-state index in [2.05, 4.69) is 0 Å². The molecule has 11 atom stereocenters. The van der Waals surface area contributed by atoms with Gasteiger partial charge in [-0.15, -0.1) is 0 Å². The van der Waals surface area contributed by atoms with Crippen LogP contribution in [0.1, 0.15) is 34.1 Å². The number of aliphatic hydroxyl groups excluding tert-OH is 2. The van der Waals surface area contributed by atoms with Gasteiger partial charge in [0, 0.05) is 12.3 Å². The average Bonchev–Trinajstić information content (AvgIpc) is 3.32. The maximum Gasteiger partial charge on any atom is 0.342 e. The van der Waals surface area contributed by atoms with Gasteiger partial charge in [0.1, 0.15) is 12.2 Å². The summed E-state index contributed by atoms with van der Waals surface area (Å²) in [6.45, 7) is 6.97. The third kappa shape index (κ3) is 1.35. The predicted octanol–water partition coefficient (Wildman–Crippen LogP) is -1.37. The molecule has 0 radical (unpaired) electrons. The zero-order chi connectivity index (χ0) is 21.8. The lowest BCUT2D eigenvalue weighted by Gasteiger charge is -2.46. The quantitative estimate of drug-likeness (QED) is 0.314. The summed E-state index contributed by atoms with van der Waals surface area (Å²) < 4.78 is 22.6. The molecule has 3 N–H and O–H groups in total. The molecule has 6 fully saturated rings. The summed E-state index contributed by atoms with van der Waals surface area (Å²) in [5.41, 5.74) is -7.95. The van der Waals surface area contributed by atoms with Crippen molar-refractivity contribution >= 4 is 17.9 Å². The van der Waals surface area contributed by atoms with E-state index in [1.807, 2.05) is 20.8 Å². The number of carbonyl (C=O) groups is 3. The molecule has 4 aliphatic heterocycles. The van der Waals surface area contributed by atoms with E-state index in [1.165, 1.54) is 6.92 Å². The van der Waals surface area contributed by atoms with Crippen molar-refractivity contribution in [1.82, 2.24) is 0 Å². The summed E-state index contributed by atoms with van der Waals surface area (Å²) in [7, 11) is 0. The third-order valence-electron chi connectivity index (χ3n) is 8.91. The number of aliphatic hydroxyl groups is 3. The van der Waals surface area contributed by atoms with Gasteiger partial charge < -0.3 is 34.3 Å². The lowest BCUT2D eigenvalue weighted by molar-refractivity contribution is -0.239. The molecule has 2 saturated carbocycles. The van der Waals surface area contributed by atoms with Crippen LogP contribution in [-0.2, 0) is 33.3 Å². The number of esters is 3. The van der Waals surface area contributed by atoms with Gasteiger partial charge in [0.25, 0.3) is 0 Å². The maximum absolute atomic E-state index is 13.4. The van der Waals surface area contributed by atoms with Crippen LogP contribution in [0.4, 0.5) is 0 Å². The minimum absolute atomic E-state index is 0.107. The van der Waals surface area contributed by atoms with E-state index in [9.17, 15) is 29.7 Å². The summed E-state index contributed by atoms with van der Waals surface area (Å²) in [6.07, 6.45) is -6.73. The Morgan fingerprint density at radius 3 is 2.33 bits per heavy atom. The molecule has 2 spiro atoms. The first kappa shape index (κ1) is 19.0. The van der Waals surface area contributed by atoms with Gasteiger partial charge in [-0.3, -0.25) is 4.79 Å². The number of ether oxygens (including phenoxy) is 4. The van der Waals surface area contributed by atoms with E-state index < -0.39 is 87.9 Å². The van der Waals surface area contributed by atoms with Gasteiger partial charge in [-0.25, -0.2) is 9.59 Å². The molecule has 0 amide bonds. The van der Waals surface area contributed by atoms with Gasteiger partial charge in [-0.2, -0.15) is 0 Å². The first-order chi connectivity index (χ1) is 13.8. The predicted molar refractivity (Wildman–Crippen MR) is 92.0 cm³/mol. The highest BCUT2D eigenvalue weighted by Crippen LogP contribution is 2.84. The van der Waals surface area contributed by atoms with Crippen LogP contribution in [0, 0.1) is 28.1 Å². The molecule has 164 valence electrons. The first-order valence-electron chi connectivity index (χ1n) is 10.2. The number of fused-ring (bicyclic) bond motifs is 1. The second kappa shape index (κ2) is 4.69. The molecular weight excluding hydrogens is 400 g/mol. The number of rotatable bonds is 0. The zero-order valence-corrected chi connectivity index (χ0v) is 16.9. The average molecular weight is 424 g/mol. The molecular formula is C20H24O10. The Bertz CT molecular complexity index is 925. The highest BCUT2D eigenvalue weighted by Gasteiger charge is 3.02. The minimum atomic E-state index is -2.12. The summed E-state index contributed by atoms with van der Waals surface area (Å²) in [5, 5.41) is 34.4. The van der Waals surface area contributed by atoms with Crippen LogP contribution in [0.25, 0.3) is 0 Å². The van der Waals surface area contributed by atoms with E-state index in [1.54, 1.807) is 0 Å². The molecule has 10 nitrogen and oxygen atoms in total. The minimum Gasteiger partial charge on any atom is -0.459 e. The van der Waals surface area contributed by atoms with Crippen molar-refractivity contribution in [2.75, 3.05) is 0 Å². The van der Waals surface area contributed by atoms with Crippen LogP contribution >= 0.6 is 0 Å². The van der Waals surface area contributed by atoms with Crippen LogP contribution in [0.5, 0.6) is 0 Å². The SMILES string of the molecule is C[C@@H]1C(=O)O[C@H]2CC34[C@@H]5OC(=O)[C@]3(O[C@@H]3OC(=O)[C@H](O)C34[C@H](C(C)(C)C)[C@H]5O)[C@]21O. The molecule has 30 heavy (non-hydrogen) atoms. The maximum atomic E-state index is 13.4. The van der Waals surface area contributed by atoms with Gasteiger partial charge >= 0.3 is 17.9 Å². The zero-order valence-electron chi connectivity index (χ0n) is 16.9. The molecule has 0 aromatic heterocycles. The second-order valence-corrected chi connectivity index (χ2v) is 10.7. The third-order valence-corrected chi connectivity index (χ3v) is 8.91. The van der Waals surface area contributed by atoms with Crippen LogP contribution in [0.2, 0.25) is 0 Å². The van der Waals surface area contributed by atoms with Crippen molar-refractivity contribution in [3.05, 3.63) is 0 Å². The lowest BCUT2D eigenvalue weighted by atomic mass is 9.51. The van der Waals surface area contributed by atoms with E-state index in [0.717, 1.165) is 0 Å². The topological polar surface area (TPSA) is 149 Å². The summed E-state index contributed by atoms with van der Waals surface area (Å²) in [6, 6.07) is 0. The molecule has 0 aromatic carbocycles. The lowest BCUT2D eigenvalue weighted by Crippen LogP contribution is -2.66. The molecule has 0 bridgehead atoms. The van der Waals surface area contributed by atoms with E-state index in [4.69, 9.17) is 18.9 Å². The van der Waals surface area contributed by atoms with E-state index >= 15 is 0 Å². The molecule has 6 rings (SSSR count). The Hall–Kier alpha value is -1.75. The number of carbonyl (C=O) groups excluding carboxylic acids is 3. The number of hydrogen-bond acceptors (Lipinski definition) is 10. The molecule has 2 aliphatic carbocycles. The van der Waals surface area contributed by atoms with Crippen molar-refractivity contribution in [2.24, 2.45) is 28.1 Å². The first-order valence-corrected chi connectivity index (χ1v) is 10.2. The van der Waals surface area contributed by atoms with Crippen molar-refractivity contribution < 1.29 is 48.7 Å². The largest absolute Gasteiger partial charge is 0.459 e. The van der Waals surface area contributed by atoms with Gasteiger partial charge in [0.05, 0.1) is 22.9 Å². The Morgan fingerprint density at radius 1 is 1.03 bits per heavy atom. The van der Waals surface area contributed by atoms with Crippen molar-refractivity contribution in [3.8, 4) is 0 Å². The highest BCUT2D eigenvalue weighted by molar-refractivity contribution is 5.93. The molecule has 4 saturated heterocycles. The summed E-state index contributed by atoms with van der Waals surface area (Å²) in [4.78, 5) is 38.2.